The van der Waals surface area contributed by atoms with Crippen molar-refractivity contribution in [2.75, 3.05) is 6.54 Å². The summed E-state index contributed by atoms with van der Waals surface area (Å²) >= 11 is 0. The first kappa shape index (κ1) is 19.2. The van der Waals surface area contributed by atoms with E-state index in [1.807, 2.05) is 58.0 Å². The Morgan fingerprint density at radius 2 is 1.92 bits per heavy atom. The van der Waals surface area contributed by atoms with E-state index in [9.17, 15) is 9.59 Å². The first-order valence-electron chi connectivity index (χ1n) is 8.57. The van der Waals surface area contributed by atoms with E-state index in [1.54, 1.807) is 0 Å². The van der Waals surface area contributed by atoms with Crippen molar-refractivity contribution < 1.29 is 19.1 Å². The third kappa shape index (κ3) is 5.19. The van der Waals surface area contributed by atoms with Gasteiger partial charge in [-0.05, 0) is 46.1 Å². The zero-order valence-corrected chi connectivity index (χ0v) is 15.5. The number of hydrogen-bond acceptors (Lipinski definition) is 5. The van der Waals surface area contributed by atoms with E-state index >= 15 is 0 Å². The Kier molecular flexibility index (Phi) is 5.72. The van der Waals surface area contributed by atoms with Gasteiger partial charge in [-0.1, -0.05) is 30.3 Å². The fourth-order valence-electron chi connectivity index (χ4n) is 2.84. The molecule has 2 N–H and O–H groups in total. The number of rotatable bonds is 3. The molecule has 1 aromatic carbocycles. The van der Waals surface area contributed by atoms with Gasteiger partial charge < -0.3 is 15.2 Å². The minimum Gasteiger partial charge on any atom is -0.460 e. The molecule has 1 aliphatic heterocycles. The van der Waals surface area contributed by atoms with E-state index in [-0.39, 0.29) is 12.6 Å². The van der Waals surface area contributed by atoms with Crippen LogP contribution in [0.5, 0.6) is 0 Å². The molecule has 1 heterocycles. The summed E-state index contributed by atoms with van der Waals surface area (Å²) in [6, 6.07) is 9.54. The summed E-state index contributed by atoms with van der Waals surface area (Å²) in [6.07, 6.45) is -0.175. The van der Waals surface area contributed by atoms with Crippen LogP contribution in [-0.4, -0.2) is 35.3 Å². The van der Waals surface area contributed by atoms with Gasteiger partial charge in [0.1, 0.15) is 12.2 Å². The highest BCUT2D eigenvalue weighted by molar-refractivity contribution is 5.77. The number of nitrogens with zero attached hydrogens (tertiary/aromatic N) is 1. The van der Waals surface area contributed by atoms with E-state index < -0.39 is 23.3 Å². The fourth-order valence-corrected chi connectivity index (χ4v) is 2.84. The molecule has 1 fully saturated rings. The van der Waals surface area contributed by atoms with Crippen LogP contribution < -0.4 is 5.73 Å². The Morgan fingerprint density at radius 1 is 1.28 bits per heavy atom. The molecule has 2 unspecified atom stereocenters. The predicted molar refractivity (Wildman–Crippen MR) is 94.5 cm³/mol. The van der Waals surface area contributed by atoms with Gasteiger partial charge in [-0.15, -0.1) is 0 Å². The second kappa shape index (κ2) is 7.44. The lowest BCUT2D eigenvalue weighted by Crippen LogP contribution is -2.56. The molecule has 25 heavy (non-hydrogen) atoms. The average Bonchev–Trinajstić information content (AvgIpc) is 2.51. The largest absolute Gasteiger partial charge is 0.460 e. The van der Waals surface area contributed by atoms with Crippen molar-refractivity contribution in [3.05, 3.63) is 35.9 Å². The quantitative estimate of drug-likeness (QED) is 0.849. The molecule has 1 aromatic rings. The average molecular weight is 348 g/mol. The standard InChI is InChI=1S/C19H28N2O4/c1-18(2,3)25-17(23)21-11-10-19(4,12-15(21)20)16(22)24-13-14-8-6-5-7-9-14/h5-9,15H,10-13,20H2,1-4H3. The maximum atomic E-state index is 12.5. The Hall–Kier alpha value is -2.08. The monoisotopic (exact) mass is 348 g/mol. The van der Waals surface area contributed by atoms with Crippen LogP contribution in [0.3, 0.4) is 0 Å². The van der Waals surface area contributed by atoms with E-state index in [4.69, 9.17) is 15.2 Å². The molecule has 0 bridgehead atoms. The molecule has 0 aromatic heterocycles. The molecule has 1 saturated heterocycles. The van der Waals surface area contributed by atoms with Gasteiger partial charge in [-0.25, -0.2) is 4.79 Å². The molecule has 6 heteroatoms. The van der Waals surface area contributed by atoms with Gasteiger partial charge in [0.2, 0.25) is 0 Å². The van der Waals surface area contributed by atoms with Crippen molar-refractivity contribution in [1.29, 1.82) is 0 Å². The lowest BCUT2D eigenvalue weighted by molar-refractivity contribution is -0.160. The van der Waals surface area contributed by atoms with Gasteiger partial charge in [0.15, 0.2) is 0 Å². The molecule has 1 amide bonds. The molecule has 138 valence electrons. The molecule has 2 rings (SSSR count). The normalized spacial score (nSPS) is 23.9. The topological polar surface area (TPSA) is 81.9 Å². The second-order valence-corrected chi connectivity index (χ2v) is 7.82. The third-order valence-electron chi connectivity index (χ3n) is 4.30. The molecule has 6 nitrogen and oxygen atoms in total. The number of carbonyl (C=O) groups is 2. The molecule has 0 radical (unpaired) electrons. The summed E-state index contributed by atoms with van der Waals surface area (Å²) in [5.74, 6) is -0.282. The van der Waals surface area contributed by atoms with Crippen molar-refractivity contribution in [1.82, 2.24) is 4.90 Å². The van der Waals surface area contributed by atoms with Gasteiger partial charge in [0.25, 0.3) is 0 Å². The van der Waals surface area contributed by atoms with Crippen molar-refractivity contribution in [3.63, 3.8) is 0 Å². The summed E-state index contributed by atoms with van der Waals surface area (Å²) < 4.78 is 10.8. The number of amides is 1. The Labute approximate surface area is 149 Å². The summed E-state index contributed by atoms with van der Waals surface area (Å²) in [5.41, 5.74) is 5.80. The van der Waals surface area contributed by atoms with Gasteiger partial charge >= 0.3 is 12.1 Å². The SMILES string of the molecule is CC(C)(C)OC(=O)N1CCC(C)(C(=O)OCc2ccccc2)CC1N. The Bertz CT molecular complexity index is 612. The highest BCUT2D eigenvalue weighted by Crippen LogP contribution is 2.35. The van der Waals surface area contributed by atoms with Gasteiger partial charge in [0, 0.05) is 6.54 Å². The number of nitrogens with two attached hydrogens (primary N) is 1. The number of likely N-dealkylation sites (tertiary alicyclic amines) is 1. The number of benzene rings is 1. The molecule has 0 aliphatic carbocycles. The molecular formula is C19H28N2O4. The first-order valence-corrected chi connectivity index (χ1v) is 8.57. The first-order chi connectivity index (χ1) is 11.6. The second-order valence-electron chi connectivity index (χ2n) is 7.82. The zero-order valence-electron chi connectivity index (χ0n) is 15.5. The van der Waals surface area contributed by atoms with Crippen LogP contribution >= 0.6 is 0 Å². The molecule has 1 aliphatic rings. The van der Waals surface area contributed by atoms with Crippen molar-refractivity contribution in [3.8, 4) is 0 Å². The number of ether oxygens (including phenoxy) is 2. The maximum absolute atomic E-state index is 12.5. The molecular weight excluding hydrogens is 320 g/mol. The van der Waals surface area contributed by atoms with Crippen LogP contribution in [0.2, 0.25) is 0 Å². The van der Waals surface area contributed by atoms with Gasteiger partial charge in [0.05, 0.1) is 11.6 Å². The number of carbonyl (C=O) groups excluding carboxylic acids is 2. The van der Waals surface area contributed by atoms with E-state index in [0.29, 0.717) is 19.4 Å². The van der Waals surface area contributed by atoms with E-state index in [0.717, 1.165) is 5.56 Å². The maximum Gasteiger partial charge on any atom is 0.411 e. The lowest BCUT2D eigenvalue weighted by atomic mass is 9.79. The van der Waals surface area contributed by atoms with Crippen LogP contribution in [0.15, 0.2) is 30.3 Å². The highest BCUT2D eigenvalue weighted by Gasteiger charge is 2.44. The zero-order chi connectivity index (χ0) is 18.7. The summed E-state index contributed by atoms with van der Waals surface area (Å²) in [4.78, 5) is 26.2. The lowest BCUT2D eigenvalue weighted by Gasteiger charge is -2.42. The van der Waals surface area contributed by atoms with Gasteiger partial charge in [-0.3, -0.25) is 9.69 Å². The number of esters is 1. The van der Waals surface area contributed by atoms with Crippen LogP contribution in [0.1, 0.15) is 46.1 Å². The van der Waals surface area contributed by atoms with Crippen molar-refractivity contribution in [2.24, 2.45) is 11.1 Å². The van der Waals surface area contributed by atoms with E-state index in [2.05, 4.69) is 0 Å². The van der Waals surface area contributed by atoms with Crippen LogP contribution in [0.4, 0.5) is 4.79 Å². The minimum atomic E-state index is -0.702. The molecule has 0 saturated carbocycles. The van der Waals surface area contributed by atoms with Crippen LogP contribution in [-0.2, 0) is 20.9 Å². The molecule has 2 atom stereocenters. The Morgan fingerprint density at radius 3 is 2.48 bits per heavy atom. The summed E-state index contributed by atoms with van der Waals surface area (Å²) in [5, 5.41) is 0. The number of piperidine rings is 1. The van der Waals surface area contributed by atoms with Crippen molar-refractivity contribution in [2.45, 2.75) is 58.9 Å². The van der Waals surface area contributed by atoms with Gasteiger partial charge in [-0.2, -0.15) is 0 Å². The Balaban J connectivity index is 1.93. The van der Waals surface area contributed by atoms with Crippen molar-refractivity contribution >= 4 is 12.1 Å². The van der Waals surface area contributed by atoms with Crippen LogP contribution in [0, 0.1) is 5.41 Å². The predicted octanol–water partition coefficient (Wildman–Crippen LogP) is 3.05. The summed E-state index contributed by atoms with van der Waals surface area (Å²) in [6.45, 7) is 7.88. The van der Waals surface area contributed by atoms with Crippen LogP contribution in [0.25, 0.3) is 0 Å². The number of hydrogen-bond donors (Lipinski definition) is 1. The minimum absolute atomic E-state index is 0.236. The third-order valence-corrected chi connectivity index (χ3v) is 4.30. The fraction of sp³-hybridized carbons (Fsp3) is 0.579. The molecule has 0 spiro atoms. The smallest absolute Gasteiger partial charge is 0.411 e. The highest BCUT2D eigenvalue weighted by atomic mass is 16.6. The summed E-state index contributed by atoms with van der Waals surface area (Å²) in [7, 11) is 0. The van der Waals surface area contributed by atoms with E-state index in [1.165, 1.54) is 4.90 Å².